The zero-order chi connectivity index (χ0) is 15.6. The van der Waals surface area contributed by atoms with E-state index in [0.717, 1.165) is 0 Å². The summed E-state index contributed by atoms with van der Waals surface area (Å²) in [6.07, 6.45) is 0. The van der Waals surface area contributed by atoms with Gasteiger partial charge in [0.1, 0.15) is 0 Å². The van der Waals surface area contributed by atoms with Crippen LogP contribution in [0.3, 0.4) is 0 Å². The zero-order valence-corrected chi connectivity index (χ0v) is 12.8. The first-order valence-corrected chi connectivity index (χ1v) is 8.04. The number of benzene rings is 1. The molecule has 0 bridgehead atoms. The van der Waals surface area contributed by atoms with Crippen molar-refractivity contribution in [2.24, 2.45) is 0 Å². The van der Waals surface area contributed by atoms with Crippen molar-refractivity contribution in [2.75, 3.05) is 11.8 Å². The van der Waals surface area contributed by atoms with Crippen molar-refractivity contribution in [2.45, 2.75) is 11.1 Å². The molecule has 21 heavy (non-hydrogen) atoms. The number of hydrogen-bond donors (Lipinski definition) is 2. The first-order chi connectivity index (χ1) is 9.83. The lowest BCUT2D eigenvalue weighted by Crippen LogP contribution is -2.13. The van der Waals surface area contributed by atoms with Crippen LogP contribution in [0.2, 0.25) is 0 Å². The van der Waals surface area contributed by atoms with Gasteiger partial charge in [-0.2, -0.15) is 0 Å². The van der Waals surface area contributed by atoms with Crippen molar-refractivity contribution in [3.63, 3.8) is 0 Å². The summed E-state index contributed by atoms with van der Waals surface area (Å²) in [6, 6.07) is 5.88. The highest BCUT2D eigenvalue weighted by Crippen LogP contribution is 2.21. The summed E-state index contributed by atoms with van der Waals surface area (Å²) in [6.45, 7) is 1.50. The third-order valence-electron chi connectivity index (χ3n) is 2.56. The van der Waals surface area contributed by atoms with Crippen LogP contribution < -0.4 is 9.60 Å². The van der Waals surface area contributed by atoms with E-state index in [-0.39, 0.29) is 21.2 Å². The van der Waals surface area contributed by atoms with Crippen LogP contribution in [0.1, 0.15) is 16.1 Å². The van der Waals surface area contributed by atoms with Gasteiger partial charge in [-0.3, -0.25) is 9.52 Å². The molecule has 0 fully saturated rings. The number of aryl methyl sites for hydroxylation is 1. The fraction of sp³-hybridized carbons (Fsp3) is 0.167. The molecular formula is C12H12N2O5S2. The maximum atomic E-state index is 12.2. The van der Waals surface area contributed by atoms with Gasteiger partial charge >= 0.3 is 10.8 Å². The summed E-state index contributed by atoms with van der Waals surface area (Å²) in [5.41, 5.74) is 0.691. The SMILES string of the molecule is COC(=O)c1cccc(NS(=O)(=O)c2sc(=O)[nH]c2C)c1. The van der Waals surface area contributed by atoms with E-state index in [0.29, 0.717) is 11.3 Å². The molecule has 0 aliphatic carbocycles. The normalized spacial score (nSPS) is 11.1. The van der Waals surface area contributed by atoms with Gasteiger partial charge in [0.25, 0.3) is 10.0 Å². The van der Waals surface area contributed by atoms with Gasteiger partial charge in [-0.1, -0.05) is 17.4 Å². The molecule has 0 unspecified atom stereocenters. The van der Waals surface area contributed by atoms with Gasteiger partial charge in [-0.15, -0.1) is 0 Å². The summed E-state index contributed by atoms with van der Waals surface area (Å²) in [4.78, 5) is 24.6. The monoisotopic (exact) mass is 328 g/mol. The lowest BCUT2D eigenvalue weighted by Gasteiger charge is -2.08. The Balaban J connectivity index is 2.35. The molecule has 2 aromatic rings. The van der Waals surface area contributed by atoms with Crippen molar-refractivity contribution >= 4 is 33.0 Å². The predicted octanol–water partition coefficient (Wildman–Crippen LogP) is 1.33. The summed E-state index contributed by atoms with van der Waals surface area (Å²) in [5.74, 6) is -0.571. The average molecular weight is 328 g/mol. The van der Waals surface area contributed by atoms with Gasteiger partial charge in [0.05, 0.1) is 12.7 Å². The zero-order valence-electron chi connectivity index (χ0n) is 11.2. The second-order valence-corrected chi connectivity index (χ2v) is 6.97. The first-order valence-electron chi connectivity index (χ1n) is 5.74. The van der Waals surface area contributed by atoms with E-state index < -0.39 is 20.9 Å². The van der Waals surface area contributed by atoms with Crippen LogP contribution in [-0.4, -0.2) is 26.5 Å². The molecule has 0 saturated heterocycles. The standard InChI is InChI=1S/C12H12N2O5S2/c1-7-11(20-12(16)13-7)21(17,18)14-9-5-3-4-8(6-9)10(15)19-2/h3-6,14H,1-2H3,(H,13,16). The Morgan fingerprint density at radius 3 is 2.67 bits per heavy atom. The number of carbonyl (C=O) groups excluding carboxylic acids is 1. The Morgan fingerprint density at radius 1 is 1.38 bits per heavy atom. The summed E-state index contributed by atoms with van der Waals surface area (Å²) >= 11 is 0.602. The fourth-order valence-corrected chi connectivity index (χ4v) is 4.03. The number of aromatic nitrogens is 1. The van der Waals surface area contributed by atoms with E-state index in [4.69, 9.17) is 0 Å². The van der Waals surface area contributed by atoms with Crippen LogP contribution in [-0.2, 0) is 14.8 Å². The third-order valence-corrected chi connectivity index (χ3v) is 5.55. The number of nitrogens with one attached hydrogen (secondary N) is 2. The van der Waals surface area contributed by atoms with Crippen molar-refractivity contribution in [1.82, 2.24) is 4.98 Å². The Kier molecular flexibility index (Phi) is 4.14. The Morgan fingerprint density at radius 2 is 2.10 bits per heavy atom. The molecule has 1 aromatic carbocycles. The maximum Gasteiger partial charge on any atom is 0.337 e. The fourth-order valence-electron chi connectivity index (χ4n) is 1.68. The van der Waals surface area contributed by atoms with Gasteiger partial charge < -0.3 is 9.72 Å². The molecule has 0 amide bonds. The van der Waals surface area contributed by atoms with Crippen LogP contribution in [0.4, 0.5) is 5.69 Å². The summed E-state index contributed by atoms with van der Waals surface area (Å²) < 4.78 is 31.2. The minimum atomic E-state index is -3.89. The van der Waals surface area contributed by atoms with Crippen molar-refractivity contribution < 1.29 is 17.9 Å². The molecule has 2 N–H and O–H groups in total. The van der Waals surface area contributed by atoms with E-state index in [9.17, 15) is 18.0 Å². The van der Waals surface area contributed by atoms with Gasteiger partial charge in [-0.25, -0.2) is 13.2 Å². The molecule has 1 aromatic heterocycles. The van der Waals surface area contributed by atoms with E-state index >= 15 is 0 Å². The lowest BCUT2D eigenvalue weighted by molar-refractivity contribution is 0.0601. The Bertz CT molecular complexity index is 835. The number of esters is 1. The average Bonchev–Trinajstić information content (AvgIpc) is 2.77. The molecule has 9 heteroatoms. The molecule has 0 aliphatic heterocycles. The van der Waals surface area contributed by atoms with Gasteiger partial charge in [0.15, 0.2) is 4.21 Å². The molecular weight excluding hydrogens is 316 g/mol. The largest absolute Gasteiger partial charge is 0.465 e. The second-order valence-electron chi connectivity index (χ2n) is 4.10. The highest BCUT2D eigenvalue weighted by molar-refractivity contribution is 7.94. The maximum absolute atomic E-state index is 12.2. The number of sulfonamides is 1. The third kappa shape index (κ3) is 3.31. The first kappa shape index (κ1) is 15.3. The molecule has 0 spiro atoms. The number of H-pyrrole nitrogens is 1. The molecule has 1 heterocycles. The number of rotatable bonds is 4. The molecule has 2 rings (SSSR count). The smallest absolute Gasteiger partial charge is 0.337 e. The summed E-state index contributed by atoms with van der Waals surface area (Å²) in [5, 5.41) is 0. The molecule has 0 radical (unpaired) electrons. The highest BCUT2D eigenvalue weighted by atomic mass is 32.2. The van der Waals surface area contributed by atoms with Crippen molar-refractivity contribution in [1.29, 1.82) is 0 Å². The summed E-state index contributed by atoms with van der Waals surface area (Å²) in [7, 11) is -2.65. The highest BCUT2D eigenvalue weighted by Gasteiger charge is 2.21. The second kappa shape index (κ2) is 5.70. The van der Waals surface area contributed by atoms with Crippen LogP contribution in [0.5, 0.6) is 0 Å². The quantitative estimate of drug-likeness (QED) is 0.824. The van der Waals surface area contributed by atoms with Crippen LogP contribution in [0, 0.1) is 6.92 Å². The minimum Gasteiger partial charge on any atom is -0.465 e. The molecule has 112 valence electrons. The molecule has 0 saturated carbocycles. The van der Waals surface area contributed by atoms with Gasteiger partial charge in [-0.05, 0) is 25.1 Å². The number of methoxy groups -OCH3 is 1. The number of carbonyl (C=O) groups is 1. The number of hydrogen-bond acceptors (Lipinski definition) is 6. The van der Waals surface area contributed by atoms with E-state index in [1.54, 1.807) is 0 Å². The predicted molar refractivity (Wildman–Crippen MR) is 78.3 cm³/mol. The molecule has 7 nitrogen and oxygen atoms in total. The number of aromatic amines is 1. The van der Waals surface area contributed by atoms with Crippen LogP contribution >= 0.6 is 11.3 Å². The minimum absolute atomic E-state index is 0.0871. The Labute approximate surface area is 124 Å². The van der Waals surface area contributed by atoms with Gasteiger partial charge in [0, 0.05) is 11.4 Å². The molecule has 0 aliphatic rings. The van der Waals surface area contributed by atoms with Gasteiger partial charge in [0.2, 0.25) is 0 Å². The number of anilines is 1. The topological polar surface area (TPSA) is 105 Å². The van der Waals surface area contributed by atoms with Crippen molar-refractivity contribution in [3.8, 4) is 0 Å². The number of ether oxygens (including phenoxy) is 1. The number of thiazole rings is 1. The van der Waals surface area contributed by atoms with Crippen molar-refractivity contribution in [3.05, 3.63) is 45.2 Å². The Hall–Kier alpha value is -2.13. The van der Waals surface area contributed by atoms with Crippen LogP contribution in [0.15, 0.2) is 33.3 Å². The molecule has 0 atom stereocenters. The lowest BCUT2D eigenvalue weighted by atomic mass is 10.2. The van der Waals surface area contributed by atoms with E-state index in [1.807, 2.05) is 0 Å². The van der Waals surface area contributed by atoms with Crippen LogP contribution in [0.25, 0.3) is 0 Å². The van der Waals surface area contributed by atoms with E-state index in [2.05, 4.69) is 14.4 Å². The van der Waals surface area contributed by atoms with E-state index in [1.165, 1.54) is 38.3 Å².